The van der Waals surface area contributed by atoms with Crippen LogP contribution in [0.15, 0.2) is 29.2 Å². The summed E-state index contributed by atoms with van der Waals surface area (Å²) in [5.41, 5.74) is 1.83. The fraction of sp³-hybridized carbons (Fsp3) is 0.273. The molecule has 2 heterocycles. The van der Waals surface area contributed by atoms with Gasteiger partial charge < -0.3 is 5.11 Å². The molecule has 0 saturated carbocycles. The molecule has 0 aliphatic carbocycles. The molecule has 1 N–H and O–H groups in total. The van der Waals surface area contributed by atoms with Crippen molar-refractivity contribution in [2.45, 2.75) is 13.3 Å². The number of aliphatic hydroxyl groups is 1. The lowest BCUT2D eigenvalue weighted by Crippen LogP contribution is -2.22. The van der Waals surface area contributed by atoms with Crippen LogP contribution < -0.4 is 5.56 Å². The Morgan fingerprint density at radius 2 is 2.27 bits per heavy atom. The van der Waals surface area contributed by atoms with Crippen molar-refractivity contribution in [2.75, 3.05) is 6.61 Å². The Bertz CT molecular complexity index is 546. The minimum absolute atomic E-state index is 0.0311. The molecule has 2 aromatic rings. The number of pyridine rings is 1. The molecule has 0 radical (unpaired) electrons. The second-order valence-corrected chi connectivity index (χ2v) is 3.38. The third-order valence-corrected chi connectivity index (χ3v) is 2.40. The van der Waals surface area contributed by atoms with E-state index in [9.17, 15) is 4.79 Å². The normalized spacial score (nSPS) is 10.8. The van der Waals surface area contributed by atoms with E-state index in [1.54, 1.807) is 25.3 Å². The Balaban J connectivity index is 2.78. The molecule has 0 aliphatic rings. The van der Waals surface area contributed by atoms with E-state index in [0.29, 0.717) is 23.3 Å². The largest absolute Gasteiger partial charge is 0.396 e. The highest BCUT2D eigenvalue weighted by molar-refractivity contribution is 5.40. The van der Waals surface area contributed by atoms with Gasteiger partial charge in [0.1, 0.15) is 5.65 Å². The first kappa shape index (κ1) is 9.86. The van der Waals surface area contributed by atoms with Gasteiger partial charge in [-0.1, -0.05) is 6.07 Å². The monoisotopic (exact) mass is 204 g/mol. The summed E-state index contributed by atoms with van der Waals surface area (Å²) in [4.78, 5) is 16.3. The van der Waals surface area contributed by atoms with Crippen LogP contribution in [0.25, 0.3) is 5.65 Å². The molecule has 15 heavy (non-hydrogen) atoms. The Labute approximate surface area is 86.8 Å². The number of nitrogens with zero attached hydrogens (tertiary/aromatic N) is 2. The third-order valence-electron chi connectivity index (χ3n) is 2.40. The molecule has 0 atom stereocenters. The van der Waals surface area contributed by atoms with E-state index in [1.165, 1.54) is 4.40 Å². The quantitative estimate of drug-likeness (QED) is 0.776. The number of hydrogen-bond acceptors (Lipinski definition) is 3. The van der Waals surface area contributed by atoms with E-state index < -0.39 is 0 Å². The number of aliphatic hydroxyl groups excluding tert-OH is 1. The van der Waals surface area contributed by atoms with E-state index in [4.69, 9.17) is 5.11 Å². The van der Waals surface area contributed by atoms with Crippen molar-refractivity contribution < 1.29 is 5.11 Å². The molecule has 0 saturated heterocycles. The number of hydrogen-bond donors (Lipinski definition) is 1. The summed E-state index contributed by atoms with van der Waals surface area (Å²) in [5, 5.41) is 8.86. The van der Waals surface area contributed by atoms with Crippen LogP contribution in [0.3, 0.4) is 0 Å². The Morgan fingerprint density at radius 3 is 3.00 bits per heavy atom. The van der Waals surface area contributed by atoms with Gasteiger partial charge in [0, 0.05) is 30.5 Å². The maximum atomic E-state index is 12.0. The second kappa shape index (κ2) is 3.82. The van der Waals surface area contributed by atoms with Crippen molar-refractivity contribution in [3.8, 4) is 0 Å². The summed E-state index contributed by atoms with van der Waals surface area (Å²) in [6.07, 6.45) is 2.04. The minimum Gasteiger partial charge on any atom is -0.396 e. The van der Waals surface area contributed by atoms with Gasteiger partial charge in [0.2, 0.25) is 0 Å². The number of rotatable bonds is 2. The zero-order valence-corrected chi connectivity index (χ0v) is 8.47. The molecule has 0 aliphatic heterocycles. The Kier molecular flexibility index (Phi) is 2.51. The van der Waals surface area contributed by atoms with Crippen LogP contribution in [-0.2, 0) is 6.42 Å². The van der Waals surface area contributed by atoms with Gasteiger partial charge in [-0.05, 0) is 19.1 Å². The molecule has 2 rings (SSSR count). The summed E-state index contributed by atoms with van der Waals surface area (Å²) in [6, 6.07) is 5.41. The van der Waals surface area contributed by atoms with Crippen LogP contribution in [0.1, 0.15) is 11.3 Å². The first-order chi connectivity index (χ1) is 7.24. The van der Waals surface area contributed by atoms with Crippen LogP contribution in [-0.4, -0.2) is 21.1 Å². The molecular formula is C11H12N2O2. The van der Waals surface area contributed by atoms with E-state index in [0.717, 1.165) is 0 Å². The molecule has 0 aromatic carbocycles. The minimum atomic E-state index is -0.0906. The maximum Gasteiger partial charge on any atom is 0.261 e. The molecule has 0 fully saturated rings. The van der Waals surface area contributed by atoms with Crippen molar-refractivity contribution >= 4 is 5.65 Å². The predicted octanol–water partition coefficient (Wildman–Crippen LogP) is 0.538. The van der Waals surface area contributed by atoms with Gasteiger partial charge in [-0.15, -0.1) is 0 Å². The maximum absolute atomic E-state index is 12.0. The van der Waals surface area contributed by atoms with E-state index in [-0.39, 0.29) is 12.2 Å². The first-order valence-corrected chi connectivity index (χ1v) is 4.82. The average molecular weight is 204 g/mol. The summed E-state index contributed by atoms with van der Waals surface area (Å²) >= 11 is 0. The van der Waals surface area contributed by atoms with Crippen LogP contribution >= 0.6 is 0 Å². The lowest BCUT2D eigenvalue weighted by atomic mass is 10.2. The second-order valence-electron chi connectivity index (χ2n) is 3.38. The predicted molar refractivity (Wildman–Crippen MR) is 57.0 cm³/mol. The van der Waals surface area contributed by atoms with Gasteiger partial charge >= 0.3 is 0 Å². The summed E-state index contributed by atoms with van der Waals surface area (Å²) in [6.45, 7) is 1.76. The van der Waals surface area contributed by atoms with Crippen molar-refractivity contribution in [3.05, 3.63) is 46.0 Å². The van der Waals surface area contributed by atoms with Gasteiger partial charge in [-0.25, -0.2) is 4.98 Å². The molecular weight excluding hydrogens is 192 g/mol. The van der Waals surface area contributed by atoms with Crippen LogP contribution in [0.5, 0.6) is 0 Å². The number of fused-ring (bicyclic) bond motifs is 1. The lowest BCUT2D eigenvalue weighted by molar-refractivity contribution is 0.298. The fourth-order valence-corrected chi connectivity index (χ4v) is 1.64. The van der Waals surface area contributed by atoms with Crippen molar-refractivity contribution in [1.82, 2.24) is 9.38 Å². The molecule has 78 valence electrons. The summed E-state index contributed by atoms with van der Waals surface area (Å²) < 4.78 is 1.50. The molecule has 4 heteroatoms. The standard InChI is InChI=1S/C11H12N2O2/c1-8-9(5-7-14)11(15)13-6-3-2-4-10(13)12-8/h2-4,6,14H,5,7H2,1H3. The number of aromatic nitrogens is 2. The summed E-state index contributed by atoms with van der Waals surface area (Å²) in [5.74, 6) is 0. The van der Waals surface area contributed by atoms with Crippen LogP contribution in [0, 0.1) is 6.92 Å². The van der Waals surface area contributed by atoms with Crippen molar-refractivity contribution in [1.29, 1.82) is 0 Å². The molecule has 2 aromatic heterocycles. The molecule has 4 nitrogen and oxygen atoms in total. The van der Waals surface area contributed by atoms with Gasteiger partial charge in [-0.3, -0.25) is 9.20 Å². The van der Waals surface area contributed by atoms with Crippen LogP contribution in [0.4, 0.5) is 0 Å². The van der Waals surface area contributed by atoms with E-state index >= 15 is 0 Å². The zero-order chi connectivity index (χ0) is 10.8. The zero-order valence-electron chi connectivity index (χ0n) is 8.47. The highest BCUT2D eigenvalue weighted by Crippen LogP contribution is 2.03. The molecule has 0 spiro atoms. The van der Waals surface area contributed by atoms with Gasteiger partial charge in [-0.2, -0.15) is 0 Å². The Morgan fingerprint density at radius 1 is 1.47 bits per heavy atom. The Hall–Kier alpha value is -1.68. The fourth-order valence-electron chi connectivity index (χ4n) is 1.64. The van der Waals surface area contributed by atoms with Crippen LogP contribution in [0.2, 0.25) is 0 Å². The van der Waals surface area contributed by atoms with Gasteiger partial charge in [0.25, 0.3) is 5.56 Å². The lowest BCUT2D eigenvalue weighted by Gasteiger charge is -2.05. The SMILES string of the molecule is Cc1nc2ccccn2c(=O)c1CCO. The smallest absolute Gasteiger partial charge is 0.261 e. The topological polar surface area (TPSA) is 54.6 Å². The molecule has 0 bridgehead atoms. The highest BCUT2D eigenvalue weighted by Gasteiger charge is 2.07. The van der Waals surface area contributed by atoms with Gasteiger partial charge in [0.05, 0.1) is 0 Å². The van der Waals surface area contributed by atoms with Crippen molar-refractivity contribution in [3.63, 3.8) is 0 Å². The first-order valence-electron chi connectivity index (χ1n) is 4.82. The highest BCUT2D eigenvalue weighted by atomic mass is 16.3. The van der Waals surface area contributed by atoms with E-state index in [1.807, 2.05) is 6.07 Å². The molecule has 0 unspecified atom stereocenters. The third kappa shape index (κ3) is 1.64. The summed E-state index contributed by atoms with van der Waals surface area (Å²) in [7, 11) is 0. The van der Waals surface area contributed by atoms with Crippen molar-refractivity contribution in [2.24, 2.45) is 0 Å². The number of aryl methyl sites for hydroxylation is 1. The van der Waals surface area contributed by atoms with E-state index in [2.05, 4.69) is 4.98 Å². The molecule has 0 amide bonds. The van der Waals surface area contributed by atoms with Gasteiger partial charge in [0.15, 0.2) is 0 Å². The average Bonchev–Trinajstić information content (AvgIpc) is 2.24.